The quantitative estimate of drug-likeness (QED) is 0.815. The molecule has 0 saturated heterocycles. The van der Waals surface area contributed by atoms with Crippen molar-refractivity contribution < 1.29 is 4.74 Å². The molecular weight excluding hydrogens is 260 g/mol. The molecule has 3 nitrogen and oxygen atoms in total. The minimum atomic E-state index is 0.605. The standard InChI is InChI=1S/C15H17ClN2O/c1-3-19-13-8-11(17)7-12(9-13)18-15-10(2)5-4-6-14(15)16/h4-9,18H,3,17H2,1-2H3. The third kappa shape index (κ3) is 3.32. The van der Waals surface area contributed by atoms with Crippen molar-refractivity contribution in [1.29, 1.82) is 0 Å². The van der Waals surface area contributed by atoms with Gasteiger partial charge in [-0.1, -0.05) is 23.7 Å². The van der Waals surface area contributed by atoms with E-state index in [4.69, 9.17) is 22.1 Å². The van der Waals surface area contributed by atoms with Gasteiger partial charge in [0.15, 0.2) is 0 Å². The van der Waals surface area contributed by atoms with Crippen molar-refractivity contribution in [2.75, 3.05) is 17.7 Å². The summed E-state index contributed by atoms with van der Waals surface area (Å²) in [6, 6.07) is 11.3. The van der Waals surface area contributed by atoms with E-state index in [-0.39, 0.29) is 0 Å². The van der Waals surface area contributed by atoms with E-state index in [0.29, 0.717) is 17.3 Å². The van der Waals surface area contributed by atoms with Crippen molar-refractivity contribution in [2.24, 2.45) is 0 Å². The molecule has 0 aliphatic heterocycles. The van der Waals surface area contributed by atoms with Gasteiger partial charge in [0.2, 0.25) is 0 Å². The lowest BCUT2D eigenvalue weighted by Gasteiger charge is -2.13. The molecule has 2 aromatic carbocycles. The predicted octanol–water partition coefficient (Wildman–Crippen LogP) is 4.37. The Labute approximate surface area is 118 Å². The molecule has 0 aliphatic rings. The summed E-state index contributed by atoms with van der Waals surface area (Å²) in [5.41, 5.74) is 9.34. The molecule has 2 aromatic rings. The van der Waals surface area contributed by atoms with Crippen LogP contribution < -0.4 is 15.8 Å². The molecule has 0 amide bonds. The normalized spacial score (nSPS) is 10.3. The molecule has 100 valence electrons. The van der Waals surface area contributed by atoms with Crippen LogP contribution in [0.5, 0.6) is 5.75 Å². The summed E-state index contributed by atoms with van der Waals surface area (Å²) in [4.78, 5) is 0. The van der Waals surface area contributed by atoms with E-state index in [1.807, 2.05) is 44.2 Å². The second-order valence-corrected chi connectivity index (χ2v) is 4.69. The zero-order valence-electron chi connectivity index (χ0n) is 11.0. The molecule has 0 heterocycles. The van der Waals surface area contributed by atoms with Gasteiger partial charge in [-0.05, 0) is 31.5 Å². The van der Waals surface area contributed by atoms with Crippen LogP contribution in [-0.2, 0) is 0 Å². The van der Waals surface area contributed by atoms with Crippen LogP contribution in [0.25, 0.3) is 0 Å². The molecule has 0 saturated carbocycles. The van der Waals surface area contributed by atoms with Gasteiger partial charge in [0, 0.05) is 23.5 Å². The first kappa shape index (κ1) is 13.6. The largest absolute Gasteiger partial charge is 0.494 e. The molecule has 0 spiro atoms. The number of nitrogens with two attached hydrogens (primary N) is 1. The summed E-state index contributed by atoms with van der Waals surface area (Å²) >= 11 is 6.20. The molecule has 19 heavy (non-hydrogen) atoms. The lowest BCUT2D eigenvalue weighted by atomic mass is 10.2. The maximum atomic E-state index is 6.20. The number of rotatable bonds is 4. The number of nitrogen functional groups attached to an aromatic ring is 1. The van der Waals surface area contributed by atoms with Crippen LogP contribution >= 0.6 is 11.6 Å². The van der Waals surface area contributed by atoms with Crippen molar-refractivity contribution in [3.8, 4) is 5.75 Å². The monoisotopic (exact) mass is 276 g/mol. The summed E-state index contributed by atoms with van der Waals surface area (Å²) in [7, 11) is 0. The number of benzene rings is 2. The van der Waals surface area contributed by atoms with Crippen LogP contribution in [0.15, 0.2) is 36.4 Å². The molecule has 4 heteroatoms. The summed E-state index contributed by atoms with van der Waals surface area (Å²) < 4.78 is 5.47. The van der Waals surface area contributed by atoms with E-state index < -0.39 is 0 Å². The fourth-order valence-corrected chi connectivity index (χ4v) is 2.15. The highest BCUT2D eigenvalue weighted by atomic mass is 35.5. The van der Waals surface area contributed by atoms with Crippen LogP contribution in [0, 0.1) is 6.92 Å². The average molecular weight is 277 g/mol. The maximum absolute atomic E-state index is 6.20. The topological polar surface area (TPSA) is 47.3 Å². The molecule has 0 unspecified atom stereocenters. The maximum Gasteiger partial charge on any atom is 0.123 e. The fourth-order valence-electron chi connectivity index (χ4n) is 1.88. The van der Waals surface area contributed by atoms with Crippen LogP contribution in [0.2, 0.25) is 5.02 Å². The van der Waals surface area contributed by atoms with Crippen molar-refractivity contribution in [3.05, 3.63) is 47.0 Å². The van der Waals surface area contributed by atoms with Gasteiger partial charge in [-0.25, -0.2) is 0 Å². The van der Waals surface area contributed by atoms with Crippen molar-refractivity contribution in [1.82, 2.24) is 0 Å². The number of anilines is 3. The first-order chi connectivity index (χ1) is 9.10. The minimum absolute atomic E-state index is 0.605. The third-order valence-corrected chi connectivity index (χ3v) is 3.05. The molecule has 0 atom stereocenters. The lowest BCUT2D eigenvalue weighted by Crippen LogP contribution is -1.98. The van der Waals surface area contributed by atoms with E-state index >= 15 is 0 Å². The number of hydrogen-bond acceptors (Lipinski definition) is 3. The zero-order valence-corrected chi connectivity index (χ0v) is 11.8. The van der Waals surface area contributed by atoms with Crippen molar-refractivity contribution in [3.63, 3.8) is 0 Å². The molecule has 0 bridgehead atoms. The van der Waals surface area contributed by atoms with Crippen LogP contribution in [0.3, 0.4) is 0 Å². The predicted molar refractivity (Wildman–Crippen MR) is 81.5 cm³/mol. The van der Waals surface area contributed by atoms with E-state index in [2.05, 4.69) is 5.32 Å². The Morgan fingerprint density at radius 3 is 2.74 bits per heavy atom. The van der Waals surface area contributed by atoms with Gasteiger partial charge in [-0.3, -0.25) is 0 Å². The van der Waals surface area contributed by atoms with Gasteiger partial charge in [0.05, 0.1) is 17.3 Å². The third-order valence-electron chi connectivity index (χ3n) is 2.73. The van der Waals surface area contributed by atoms with Crippen molar-refractivity contribution >= 4 is 28.7 Å². The molecule has 2 rings (SSSR count). The molecular formula is C15H17ClN2O. The SMILES string of the molecule is CCOc1cc(N)cc(Nc2c(C)cccc2Cl)c1. The summed E-state index contributed by atoms with van der Waals surface area (Å²) in [5.74, 6) is 0.745. The minimum Gasteiger partial charge on any atom is -0.494 e. The zero-order chi connectivity index (χ0) is 13.8. The number of aryl methyl sites for hydroxylation is 1. The fraction of sp³-hybridized carbons (Fsp3) is 0.200. The van der Waals surface area contributed by atoms with Crippen LogP contribution in [0.4, 0.5) is 17.1 Å². The first-order valence-corrected chi connectivity index (χ1v) is 6.53. The molecule has 3 N–H and O–H groups in total. The summed E-state index contributed by atoms with van der Waals surface area (Å²) in [6.45, 7) is 4.55. The summed E-state index contributed by atoms with van der Waals surface area (Å²) in [6.07, 6.45) is 0. The average Bonchev–Trinajstić information content (AvgIpc) is 2.34. The number of nitrogens with one attached hydrogen (secondary N) is 1. The summed E-state index contributed by atoms with van der Waals surface area (Å²) in [5, 5.41) is 3.97. The van der Waals surface area contributed by atoms with E-state index in [0.717, 1.165) is 22.7 Å². The van der Waals surface area contributed by atoms with Crippen LogP contribution in [0.1, 0.15) is 12.5 Å². The second kappa shape index (κ2) is 5.85. The molecule has 0 fully saturated rings. The highest BCUT2D eigenvalue weighted by molar-refractivity contribution is 6.33. The highest BCUT2D eigenvalue weighted by Crippen LogP contribution is 2.31. The second-order valence-electron chi connectivity index (χ2n) is 4.28. The number of para-hydroxylation sites is 1. The molecule has 0 aliphatic carbocycles. The Kier molecular flexibility index (Phi) is 4.17. The van der Waals surface area contributed by atoms with Gasteiger partial charge in [-0.2, -0.15) is 0 Å². The Morgan fingerprint density at radius 1 is 1.26 bits per heavy atom. The van der Waals surface area contributed by atoms with Gasteiger partial charge >= 0.3 is 0 Å². The van der Waals surface area contributed by atoms with E-state index in [9.17, 15) is 0 Å². The number of ether oxygens (including phenoxy) is 1. The van der Waals surface area contributed by atoms with Crippen molar-refractivity contribution in [2.45, 2.75) is 13.8 Å². The first-order valence-electron chi connectivity index (χ1n) is 6.15. The smallest absolute Gasteiger partial charge is 0.123 e. The number of halogens is 1. The number of hydrogen-bond donors (Lipinski definition) is 2. The van der Waals surface area contributed by atoms with Gasteiger partial charge in [-0.15, -0.1) is 0 Å². The Bertz CT molecular complexity index is 564. The Balaban J connectivity index is 2.33. The molecule has 0 radical (unpaired) electrons. The Morgan fingerprint density at radius 2 is 2.05 bits per heavy atom. The van der Waals surface area contributed by atoms with E-state index in [1.165, 1.54) is 0 Å². The molecule has 0 aromatic heterocycles. The van der Waals surface area contributed by atoms with Crippen LogP contribution in [-0.4, -0.2) is 6.61 Å². The van der Waals surface area contributed by atoms with Gasteiger partial charge in [0.25, 0.3) is 0 Å². The van der Waals surface area contributed by atoms with Gasteiger partial charge < -0.3 is 15.8 Å². The van der Waals surface area contributed by atoms with E-state index in [1.54, 1.807) is 6.07 Å². The Hall–Kier alpha value is -1.87. The highest BCUT2D eigenvalue weighted by Gasteiger charge is 2.06. The lowest BCUT2D eigenvalue weighted by molar-refractivity contribution is 0.340. The van der Waals surface area contributed by atoms with Gasteiger partial charge in [0.1, 0.15) is 5.75 Å².